The van der Waals surface area contributed by atoms with Crippen LogP contribution in [0.15, 0.2) is 30.3 Å². The number of carbonyl (C=O) groups is 1. The molecule has 2 aromatic rings. The molecule has 3 nitrogen and oxygen atoms in total. The van der Waals surface area contributed by atoms with Crippen LogP contribution in [0.5, 0.6) is 0 Å². The van der Waals surface area contributed by atoms with Crippen molar-refractivity contribution in [3.05, 3.63) is 47.3 Å². The molecule has 0 spiro atoms. The Morgan fingerprint density at radius 3 is 2.44 bits per heavy atom. The van der Waals surface area contributed by atoms with Crippen molar-refractivity contribution in [3.63, 3.8) is 0 Å². The van der Waals surface area contributed by atoms with Gasteiger partial charge in [0.25, 0.3) is 5.24 Å². The fourth-order valence-electron chi connectivity index (χ4n) is 1.52. The molecular formula is C12H11ClN2O. The number of rotatable bonds is 2. The third kappa shape index (κ3) is 1.99. The highest BCUT2D eigenvalue weighted by molar-refractivity contribution is 6.67. The second-order valence-corrected chi connectivity index (χ2v) is 4.04. The minimum absolute atomic E-state index is 0.392. The Morgan fingerprint density at radius 2 is 1.88 bits per heavy atom. The molecular weight excluding hydrogens is 224 g/mol. The minimum Gasteiger partial charge on any atom is -0.274 e. The van der Waals surface area contributed by atoms with Gasteiger partial charge in [0.1, 0.15) is 5.69 Å². The molecule has 4 heteroatoms. The van der Waals surface area contributed by atoms with Gasteiger partial charge in [0.05, 0.1) is 11.4 Å². The average molecular weight is 235 g/mol. The number of carbonyl (C=O) groups excluding carboxylic acids is 1. The van der Waals surface area contributed by atoms with Crippen molar-refractivity contribution in [2.45, 2.75) is 13.8 Å². The number of aromatic nitrogens is 2. The van der Waals surface area contributed by atoms with Crippen LogP contribution in [0.2, 0.25) is 0 Å². The number of hydrogen-bond acceptors (Lipinski definition) is 2. The first-order valence-electron chi connectivity index (χ1n) is 4.91. The third-order valence-electron chi connectivity index (χ3n) is 2.31. The highest BCUT2D eigenvalue weighted by Crippen LogP contribution is 2.15. The Labute approximate surface area is 98.7 Å². The molecule has 0 saturated heterocycles. The molecule has 0 aliphatic rings. The van der Waals surface area contributed by atoms with E-state index in [1.165, 1.54) is 0 Å². The molecule has 82 valence electrons. The molecule has 0 unspecified atom stereocenters. The van der Waals surface area contributed by atoms with Crippen molar-refractivity contribution in [3.8, 4) is 5.69 Å². The van der Waals surface area contributed by atoms with Gasteiger partial charge in [-0.3, -0.25) is 4.79 Å². The average Bonchev–Trinajstić information content (AvgIpc) is 2.61. The quantitative estimate of drug-likeness (QED) is 0.749. The van der Waals surface area contributed by atoms with Crippen LogP contribution in [0.1, 0.15) is 21.7 Å². The van der Waals surface area contributed by atoms with Gasteiger partial charge in [0, 0.05) is 0 Å². The van der Waals surface area contributed by atoms with Crippen molar-refractivity contribution in [1.29, 1.82) is 0 Å². The lowest BCUT2D eigenvalue weighted by molar-refractivity contribution is 0.107. The summed E-state index contributed by atoms with van der Waals surface area (Å²) in [5.74, 6) is 0. The van der Waals surface area contributed by atoms with Gasteiger partial charge < -0.3 is 0 Å². The summed E-state index contributed by atoms with van der Waals surface area (Å²) in [6.07, 6.45) is 0. The molecule has 2 rings (SSSR count). The minimum atomic E-state index is -0.499. The summed E-state index contributed by atoms with van der Waals surface area (Å²) in [6.45, 7) is 3.83. The lowest BCUT2D eigenvalue weighted by Gasteiger charge is -2.04. The Kier molecular flexibility index (Phi) is 2.79. The van der Waals surface area contributed by atoms with E-state index in [0.29, 0.717) is 5.69 Å². The largest absolute Gasteiger partial charge is 0.274 e. The molecule has 0 aliphatic carbocycles. The zero-order valence-electron chi connectivity index (χ0n) is 9.07. The Morgan fingerprint density at radius 1 is 1.25 bits per heavy atom. The summed E-state index contributed by atoms with van der Waals surface area (Å²) < 4.78 is 1.56. The van der Waals surface area contributed by atoms with E-state index in [9.17, 15) is 4.79 Å². The Bertz CT molecular complexity index is 528. The third-order valence-corrected chi connectivity index (χ3v) is 2.51. The van der Waals surface area contributed by atoms with E-state index in [1.807, 2.05) is 38.1 Å². The fraction of sp³-hybridized carbons (Fsp3) is 0.167. The number of nitrogens with zero attached hydrogens (tertiary/aromatic N) is 2. The number of aryl methyl sites for hydroxylation is 2. The molecule has 0 atom stereocenters. The molecule has 0 radical (unpaired) electrons. The number of hydrogen-bond donors (Lipinski definition) is 0. The summed E-state index contributed by atoms with van der Waals surface area (Å²) in [6, 6.07) is 9.43. The van der Waals surface area contributed by atoms with Crippen LogP contribution >= 0.6 is 11.6 Å². The van der Waals surface area contributed by atoms with Crippen molar-refractivity contribution in [2.24, 2.45) is 0 Å². The first-order valence-corrected chi connectivity index (χ1v) is 5.29. The molecule has 0 saturated carbocycles. The smallest absolute Gasteiger partial charge is 0.270 e. The van der Waals surface area contributed by atoms with E-state index in [1.54, 1.807) is 10.7 Å². The van der Waals surface area contributed by atoms with Crippen LogP contribution in [0.25, 0.3) is 5.69 Å². The number of benzene rings is 1. The Hall–Kier alpha value is -1.61. The topological polar surface area (TPSA) is 34.9 Å². The van der Waals surface area contributed by atoms with Crippen LogP contribution in [0.4, 0.5) is 0 Å². The van der Waals surface area contributed by atoms with E-state index < -0.39 is 5.24 Å². The maximum absolute atomic E-state index is 11.2. The second kappa shape index (κ2) is 4.10. The molecule has 1 aromatic heterocycles. The van der Waals surface area contributed by atoms with Gasteiger partial charge in [-0.1, -0.05) is 17.7 Å². The van der Waals surface area contributed by atoms with Gasteiger partial charge in [0.15, 0.2) is 0 Å². The van der Waals surface area contributed by atoms with Crippen LogP contribution in [0, 0.1) is 13.8 Å². The predicted molar refractivity (Wildman–Crippen MR) is 63.2 cm³/mol. The molecule has 0 N–H and O–H groups in total. The SMILES string of the molecule is Cc1ccc(-n2nc(C)cc2C(=O)Cl)cc1. The molecule has 0 amide bonds. The lowest BCUT2D eigenvalue weighted by Crippen LogP contribution is -2.04. The van der Waals surface area contributed by atoms with Gasteiger partial charge in [-0.2, -0.15) is 5.10 Å². The number of halogens is 1. The second-order valence-electron chi connectivity index (χ2n) is 3.69. The van der Waals surface area contributed by atoms with Crippen LogP contribution in [-0.4, -0.2) is 15.0 Å². The highest BCUT2D eigenvalue weighted by Gasteiger charge is 2.12. The molecule has 1 heterocycles. The van der Waals surface area contributed by atoms with Crippen molar-refractivity contribution in [2.75, 3.05) is 0 Å². The maximum atomic E-state index is 11.2. The van der Waals surface area contributed by atoms with E-state index in [0.717, 1.165) is 16.9 Å². The first-order chi connectivity index (χ1) is 7.58. The predicted octanol–water partition coefficient (Wildman–Crippen LogP) is 2.87. The summed E-state index contributed by atoms with van der Waals surface area (Å²) in [7, 11) is 0. The van der Waals surface area contributed by atoms with E-state index in [-0.39, 0.29) is 0 Å². The first kappa shape index (κ1) is 10.9. The molecule has 1 aromatic carbocycles. The van der Waals surface area contributed by atoms with Crippen molar-refractivity contribution in [1.82, 2.24) is 9.78 Å². The van der Waals surface area contributed by atoms with E-state index in [4.69, 9.17) is 11.6 Å². The summed E-state index contributed by atoms with van der Waals surface area (Å²) in [4.78, 5) is 11.2. The normalized spacial score (nSPS) is 10.4. The Balaban J connectivity index is 2.55. The van der Waals surface area contributed by atoms with Gasteiger partial charge in [-0.15, -0.1) is 0 Å². The monoisotopic (exact) mass is 234 g/mol. The van der Waals surface area contributed by atoms with Gasteiger partial charge in [-0.05, 0) is 43.6 Å². The summed E-state index contributed by atoms with van der Waals surface area (Å²) in [5.41, 5.74) is 3.15. The molecule has 16 heavy (non-hydrogen) atoms. The lowest BCUT2D eigenvalue weighted by atomic mass is 10.2. The van der Waals surface area contributed by atoms with Gasteiger partial charge >= 0.3 is 0 Å². The summed E-state index contributed by atoms with van der Waals surface area (Å²) >= 11 is 5.50. The van der Waals surface area contributed by atoms with Crippen molar-refractivity contribution >= 4 is 16.8 Å². The zero-order valence-corrected chi connectivity index (χ0v) is 9.82. The molecule has 0 bridgehead atoms. The van der Waals surface area contributed by atoms with E-state index >= 15 is 0 Å². The molecule has 0 fully saturated rings. The molecule has 0 aliphatic heterocycles. The highest BCUT2D eigenvalue weighted by atomic mass is 35.5. The van der Waals surface area contributed by atoms with Gasteiger partial charge in [-0.25, -0.2) is 4.68 Å². The van der Waals surface area contributed by atoms with Crippen LogP contribution < -0.4 is 0 Å². The summed E-state index contributed by atoms with van der Waals surface area (Å²) in [5, 5.41) is 3.74. The standard InChI is InChI=1S/C12H11ClN2O/c1-8-3-5-10(6-4-8)15-11(12(13)16)7-9(2)14-15/h3-7H,1-2H3. The maximum Gasteiger partial charge on any atom is 0.270 e. The van der Waals surface area contributed by atoms with Crippen LogP contribution in [0.3, 0.4) is 0 Å². The van der Waals surface area contributed by atoms with Crippen LogP contribution in [-0.2, 0) is 0 Å². The zero-order chi connectivity index (χ0) is 11.7. The van der Waals surface area contributed by atoms with E-state index in [2.05, 4.69) is 5.10 Å². The van der Waals surface area contributed by atoms with Gasteiger partial charge in [0.2, 0.25) is 0 Å². The van der Waals surface area contributed by atoms with Crippen molar-refractivity contribution < 1.29 is 4.79 Å². The fourth-order valence-corrected chi connectivity index (χ4v) is 1.66.